The average Bonchev–Trinajstić information content (AvgIpc) is 3.13. The van der Waals surface area contributed by atoms with E-state index in [-0.39, 0.29) is 6.04 Å². The van der Waals surface area contributed by atoms with Gasteiger partial charge in [0.05, 0.1) is 19.2 Å². The molecule has 3 rings (SSSR count). The maximum absolute atomic E-state index is 5.99. The van der Waals surface area contributed by atoms with Crippen LogP contribution < -0.4 is 10.5 Å². The third-order valence-electron chi connectivity index (χ3n) is 3.52. The van der Waals surface area contributed by atoms with E-state index < -0.39 is 0 Å². The Hall–Kier alpha value is -1.71. The van der Waals surface area contributed by atoms with Gasteiger partial charge in [-0.15, -0.1) is 0 Å². The third-order valence-corrected chi connectivity index (χ3v) is 3.52. The molecule has 1 fully saturated rings. The Balaban J connectivity index is 1.83. The summed E-state index contributed by atoms with van der Waals surface area (Å²) < 4.78 is 5.56. The number of nitrogens with zero attached hydrogens (tertiary/aromatic N) is 2. The summed E-state index contributed by atoms with van der Waals surface area (Å²) in [4.78, 5) is 6.66. The highest BCUT2D eigenvalue weighted by molar-refractivity contribution is 5.81. The molecule has 0 spiro atoms. The van der Waals surface area contributed by atoms with Crippen molar-refractivity contribution in [2.75, 3.05) is 13.2 Å². The first-order valence-electron chi connectivity index (χ1n) is 6.60. The normalized spacial score (nSPS) is 23.1. The van der Waals surface area contributed by atoms with E-state index in [9.17, 15) is 0 Å². The molecule has 1 unspecified atom stereocenters. The Morgan fingerprint density at radius 1 is 1.44 bits per heavy atom. The van der Waals surface area contributed by atoms with Crippen LogP contribution in [0, 0.1) is 0 Å². The molecule has 1 aromatic carbocycles. The second-order valence-electron chi connectivity index (χ2n) is 4.86. The van der Waals surface area contributed by atoms with E-state index in [0.29, 0.717) is 18.6 Å². The Morgan fingerprint density at radius 2 is 2.28 bits per heavy atom. The van der Waals surface area contributed by atoms with Gasteiger partial charge in [-0.25, -0.2) is 0 Å². The quantitative estimate of drug-likeness (QED) is 0.881. The van der Waals surface area contributed by atoms with Crippen LogP contribution in [0.1, 0.15) is 31.4 Å². The zero-order valence-corrected chi connectivity index (χ0v) is 10.7. The van der Waals surface area contributed by atoms with E-state index in [1.54, 1.807) is 0 Å². The summed E-state index contributed by atoms with van der Waals surface area (Å²) in [6, 6.07) is 9.16. The fourth-order valence-electron chi connectivity index (χ4n) is 2.55. The molecular weight excluding hydrogens is 226 g/mol. The zero-order chi connectivity index (χ0) is 12.5. The molecule has 4 heteroatoms. The molecule has 0 bridgehead atoms. The topological polar surface area (TPSA) is 50.9 Å². The van der Waals surface area contributed by atoms with Crippen LogP contribution in [0.15, 0.2) is 29.3 Å². The largest absolute Gasteiger partial charge is 0.494 e. The van der Waals surface area contributed by atoms with E-state index >= 15 is 0 Å². The summed E-state index contributed by atoms with van der Waals surface area (Å²) in [5.74, 6) is 1.63. The van der Waals surface area contributed by atoms with Crippen molar-refractivity contribution in [1.29, 1.82) is 0 Å². The Bertz CT molecular complexity index is 468. The van der Waals surface area contributed by atoms with Crippen molar-refractivity contribution in [3.05, 3.63) is 29.8 Å². The van der Waals surface area contributed by atoms with Crippen molar-refractivity contribution in [3.63, 3.8) is 0 Å². The van der Waals surface area contributed by atoms with Crippen LogP contribution in [0.25, 0.3) is 0 Å². The van der Waals surface area contributed by atoms with Gasteiger partial charge in [-0.05, 0) is 37.5 Å². The zero-order valence-electron chi connectivity index (χ0n) is 10.7. The molecule has 1 aliphatic heterocycles. The summed E-state index contributed by atoms with van der Waals surface area (Å²) in [5.41, 5.74) is 7.24. The average molecular weight is 245 g/mol. The van der Waals surface area contributed by atoms with E-state index in [0.717, 1.165) is 12.3 Å². The van der Waals surface area contributed by atoms with E-state index in [1.807, 2.05) is 19.1 Å². The highest BCUT2D eigenvalue weighted by Crippen LogP contribution is 2.37. The first-order chi connectivity index (χ1) is 8.79. The summed E-state index contributed by atoms with van der Waals surface area (Å²) in [5, 5.41) is 0. The van der Waals surface area contributed by atoms with Crippen LogP contribution in [0.3, 0.4) is 0 Å². The third kappa shape index (κ3) is 2.03. The molecule has 1 aromatic rings. The predicted molar refractivity (Wildman–Crippen MR) is 71.7 cm³/mol. The van der Waals surface area contributed by atoms with Gasteiger partial charge in [0.15, 0.2) is 5.96 Å². The molecule has 0 saturated heterocycles. The minimum absolute atomic E-state index is 0.290. The molecular formula is C14H19N3O. The number of hydrogen-bond acceptors (Lipinski definition) is 4. The molecule has 1 heterocycles. The maximum atomic E-state index is 5.99. The smallest absolute Gasteiger partial charge is 0.192 e. The van der Waals surface area contributed by atoms with Gasteiger partial charge in [-0.1, -0.05) is 12.1 Å². The molecule has 1 atom stereocenters. The molecule has 4 nitrogen and oxygen atoms in total. The van der Waals surface area contributed by atoms with Crippen LogP contribution in [-0.2, 0) is 0 Å². The molecule has 0 amide bonds. The van der Waals surface area contributed by atoms with Crippen molar-refractivity contribution in [2.45, 2.75) is 31.8 Å². The Kier molecular flexibility index (Phi) is 2.86. The van der Waals surface area contributed by atoms with Crippen LogP contribution in [0.5, 0.6) is 5.75 Å². The van der Waals surface area contributed by atoms with E-state index in [1.165, 1.54) is 18.4 Å². The van der Waals surface area contributed by atoms with Crippen molar-refractivity contribution >= 4 is 5.96 Å². The lowest BCUT2D eigenvalue weighted by molar-refractivity contribution is 0.327. The van der Waals surface area contributed by atoms with Gasteiger partial charge < -0.3 is 15.4 Å². The highest BCUT2D eigenvalue weighted by Gasteiger charge is 2.38. The minimum Gasteiger partial charge on any atom is -0.494 e. The number of nitrogens with two attached hydrogens (primary N) is 1. The number of aliphatic imine (C=N–C) groups is 1. The predicted octanol–water partition coefficient (Wildman–Crippen LogP) is 1.92. The summed E-state index contributed by atoms with van der Waals surface area (Å²) in [6.07, 6.45) is 2.47. The number of benzene rings is 1. The second-order valence-corrected chi connectivity index (χ2v) is 4.86. The molecule has 96 valence electrons. The first-order valence-corrected chi connectivity index (χ1v) is 6.60. The SMILES string of the molecule is CCOc1cccc(C2CN=C(N)N2C2CC2)c1. The van der Waals surface area contributed by atoms with Gasteiger partial charge in [-0.3, -0.25) is 4.99 Å². The van der Waals surface area contributed by atoms with Crippen molar-refractivity contribution < 1.29 is 4.74 Å². The molecule has 1 saturated carbocycles. The number of hydrogen-bond donors (Lipinski definition) is 1. The molecule has 2 N–H and O–H groups in total. The van der Waals surface area contributed by atoms with Gasteiger partial charge in [0.1, 0.15) is 5.75 Å². The summed E-state index contributed by atoms with van der Waals surface area (Å²) >= 11 is 0. The maximum Gasteiger partial charge on any atom is 0.192 e. The lowest BCUT2D eigenvalue weighted by Gasteiger charge is -2.26. The lowest BCUT2D eigenvalue weighted by Crippen LogP contribution is -2.37. The van der Waals surface area contributed by atoms with Crippen LogP contribution >= 0.6 is 0 Å². The Labute approximate surface area is 107 Å². The molecule has 0 radical (unpaired) electrons. The number of guanidine groups is 1. The molecule has 18 heavy (non-hydrogen) atoms. The van der Waals surface area contributed by atoms with Crippen molar-refractivity contribution in [2.24, 2.45) is 10.7 Å². The minimum atomic E-state index is 0.290. The number of ether oxygens (including phenoxy) is 1. The van der Waals surface area contributed by atoms with Gasteiger partial charge in [0.25, 0.3) is 0 Å². The van der Waals surface area contributed by atoms with Crippen LogP contribution in [0.2, 0.25) is 0 Å². The van der Waals surface area contributed by atoms with Gasteiger partial charge in [0, 0.05) is 6.04 Å². The molecule has 0 aromatic heterocycles. The van der Waals surface area contributed by atoms with Gasteiger partial charge >= 0.3 is 0 Å². The van der Waals surface area contributed by atoms with Gasteiger partial charge in [-0.2, -0.15) is 0 Å². The van der Waals surface area contributed by atoms with E-state index in [2.05, 4.69) is 22.0 Å². The standard InChI is InChI=1S/C14H19N3O/c1-2-18-12-5-3-4-10(8-12)13-9-16-14(15)17(13)11-6-7-11/h3-5,8,11,13H,2,6-7,9H2,1H3,(H2,15,16). The van der Waals surface area contributed by atoms with Crippen LogP contribution in [0.4, 0.5) is 0 Å². The Morgan fingerprint density at radius 3 is 3.00 bits per heavy atom. The number of rotatable bonds is 4. The molecule has 1 aliphatic carbocycles. The van der Waals surface area contributed by atoms with Crippen molar-refractivity contribution in [3.8, 4) is 5.75 Å². The molecule has 2 aliphatic rings. The fourth-order valence-corrected chi connectivity index (χ4v) is 2.55. The van der Waals surface area contributed by atoms with E-state index in [4.69, 9.17) is 10.5 Å². The second kappa shape index (κ2) is 4.52. The summed E-state index contributed by atoms with van der Waals surface area (Å²) in [7, 11) is 0. The lowest BCUT2D eigenvalue weighted by atomic mass is 10.1. The van der Waals surface area contributed by atoms with Crippen molar-refractivity contribution in [1.82, 2.24) is 4.90 Å². The van der Waals surface area contributed by atoms with Gasteiger partial charge in [0.2, 0.25) is 0 Å². The highest BCUT2D eigenvalue weighted by atomic mass is 16.5. The first kappa shape index (κ1) is 11.4. The summed E-state index contributed by atoms with van der Waals surface area (Å²) in [6.45, 7) is 3.46. The fraction of sp³-hybridized carbons (Fsp3) is 0.500. The monoisotopic (exact) mass is 245 g/mol. The van der Waals surface area contributed by atoms with Crippen LogP contribution in [-0.4, -0.2) is 30.1 Å².